The molecule has 0 bridgehead atoms. The van der Waals surface area contributed by atoms with Gasteiger partial charge in [-0.25, -0.2) is 9.78 Å². The number of hydrogen-bond acceptors (Lipinski definition) is 5. The van der Waals surface area contributed by atoms with Crippen LogP contribution in [0.4, 0.5) is 4.79 Å². The molecule has 1 fully saturated rings. The number of aromatic nitrogens is 1. The lowest BCUT2D eigenvalue weighted by Crippen LogP contribution is -2.58. The molecule has 1 aliphatic rings. The predicted octanol–water partition coefficient (Wildman–Crippen LogP) is 2.18. The number of carbonyl (C=O) groups is 1. The number of thiazole rings is 1. The molecule has 0 aliphatic carbocycles. The number of carbonyl (C=O) groups excluding carboxylic acids is 1. The zero-order valence-electron chi connectivity index (χ0n) is 10.1. The van der Waals surface area contributed by atoms with E-state index in [2.05, 4.69) is 10.3 Å². The Hall–Kier alpha value is -1.60. The van der Waals surface area contributed by atoms with Crippen molar-refractivity contribution >= 4 is 28.7 Å². The van der Waals surface area contributed by atoms with Gasteiger partial charge >= 0.3 is 6.03 Å². The molecule has 19 heavy (non-hydrogen) atoms. The van der Waals surface area contributed by atoms with Gasteiger partial charge in [-0.05, 0) is 11.4 Å². The van der Waals surface area contributed by atoms with Crippen LogP contribution in [-0.2, 0) is 6.54 Å². The second-order valence-corrected chi connectivity index (χ2v) is 6.07. The maximum Gasteiger partial charge on any atom is 0.317 e. The molecule has 0 radical (unpaired) electrons. The van der Waals surface area contributed by atoms with Crippen molar-refractivity contribution in [3.63, 3.8) is 0 Å². The number of likely N-dealkylation sites (tertiary alicyclic amines) is 1. The standard InChI is InChI=1S/C12H13N3O2S2/c16-11(14-6-10-2-1-4-18-10)15-7-9(8-15)17-12-13-3-5-19-12/h1-5,9H,6-8H2,(H,14,16). The maximum absolute atomic E-state index is 11.8. The Morgan fingerprint density at radius 2 is 2.37 bits per heavy atom. The summed E-state index contributed by atoms with van der Waals surface area (Å²) in [6.45, 7) is 1.83. The van der Waals surface area contributed by atoms with Crippen LogP contribution in [0.2, 0.25) is 0 Å². The van der Waals surface area contributed by atoms with Gasteiger partial charge in [0.05, 0.1) is 19.6 Å². The molecule has 0 unspecified atom stereocenters. The van der Waals surface area contributed by atoms with Crippen molar-refractivity contribution in [1.82, 2.24) is 15.2 Å². The average Bonchev–Trinajstić information content (AvgIpc) is 3.03. The van der Waals surface area contributed by atoms with Crippen molar-refractivity contribution in [3.8, 4) is 5.19 Å². The van der Waals surface area contributed by atoms with Crippen LogP contribution in [-0.4, -0.2) is 35.1 Å². The van der Waals surface area contributed by atoms with E-state index in [0.717, 1.165) is 4.88 Å². The normalized spacial score (nSPS) is 15.1. The molecule has 0 spiro atoms. The van der Waals surface area contributed by atoms with Crippen molar-refractivity contribution in [1.29, 1.82) is 0 Å². The summed E-state index contributed by atoms with van der Waals surface area (Å²) in [4.78, 5) is 18.8. The van der Waals surface area contributed by atoms with E-state index < -0.39 is 0 Å². The fraction of sp³-hybridized carbons (Fsp3) is 0.333. The van der Waals surface area contributed by atoms with Gasteiger partial charge in [-0.1, -0.05) is 17.4 Å². The second-order valence-electron chi connectivity index (χ2n) is 4.18. The van der Waals surface area contributed by atoms with E-state index in [1.54, 1.807) is 22.4 Å². The molecule has 5 nitrogen and oxygen atoms in total. The average molecular weight is 295 g/mol. The topological polar surface area (TPSA) is 54.5 Å². The smallest absolute Gasteiger partial charge is 0.317 e. The number of ether oxygens (including phenoxy) is 1. The van der Waals surface area contributed by atoms with Gasteiger partial charge < -0.3 is 15.0 Å². The molecule has 3 rings (SSSR count). The molecule has 0 aromatic carbocycles. The highest BCUT2D eigenvalue weighted by Crippen LogP contribution is 2.20. The summed E-state index contributed by atoms with van der Waals surface area (Å²) in [7, 11) is 0. The zero-order valence-corrected chi connectivity index (χ0v) is 11.7. The van der Waals surface area contributed by atoms with Crippen LogP contribution < -0.4 is 10.1 Å². The van der Waals surface area contributed by atoms with Crippen LogP contribution in [0.5, 0.6) is 5.19 Å². The summed E-state index contributed by atoms with van der Waals surface area (Å²) in [6.07, 6.45) is 1.78. The Kier molecular flexibility index (Phi) is 3.65. The largest absolute Gasteiger partial charge is 0.463 e. The Labute approximate surface area is 118 Å². The van der Waals surface area contributed by atoms with Crippen molar-refractivity contribution in [3.05, 3.63) is 34.0 Å². The minimum absolute atomic E-state index is 0.0348. The molecule has 0 saturated carbocycles. The van der Waals surface area contributed by atoms with Crippen molar-refractivity contribution in [2.45, 2.75) is 12.6 Å². The van der Waals surface area contributed by atoms with Gasteiger partial charge in [0.15, 0.2) is 0 Å². The van der Waals surface area contributed by atoms with E-state index in [-0.39, 0.29) is 12.1 Å². The molecule has 3 heterocycles. The van der Waals surface area contributed by atoms with Gasteiger partial charge in [0, 0.05) is 16.5 Å². The first kappa shape index (κ1) is 12.4. The molecule has 100 valence electrons. The minimum Gasteiger partial charge on any atom is -0.463 e. The second kappa shape index (κ2) is 5.58. The van der Waals surface area contributed by atoms with Crippen LogP contribution in [0.25, 0.3) is 0 Å². The summed E-state index contributed by atoms with van der Waals surface area (Å²) in [6, 6.07) is 3.95. The third-order valence-electron chi connectivity index (χ3n) is 2.81. The van der Waals surface area contributed by atoms with Gasteiger partial charge in [0.25, 0.3) is 5.19 Å². The molecule has 1 saturated heterocycles. The lowest BCUT2D eigenvalue weighted by atomic mass is 10.2. The zero-order chi connectivity index (χ0) is 13.1. The number of rotatable bonds is 4. The number of thiophene rings is 1. The number of nitrogens with one attached hydrogen (secondary N) is 1. The summed E-state index contributed by atoms with van der Waals surface area (Å²) in [5, 5.41) is 7.44. The summed E-state index contributed by atoms with van der Waals surface area (Å²) < 4.78 is 5.61. The highest BCUT2D eigenvalue weighted by atomic mass is 32.1. The van der Waals surface area contributed by atoms with Crippen LogP contribution >= 0.6 is 22.7 Å². The van der Waals surface area contributed by atoms with Gasteiger partial charge in [-0.2, -0.15) is 0 Å². The fourth-order valence-corrected chi connectivity index (χ4v) is 2.97. The third-order valence-corrected chi connectivity index (χ3v) is 4.34. The lowest BCUT2D eigenvalue weighted by molar-refractivity contribution is 0.0442. The maximum atomic E-state index is 11.8. The molecular weight excluding hydrogens is 282 g/mol. The van der Waals surface area contributed by atoms with E-state index in [0.29, 0.717) is 24.8 Å². The third kappa shape index (κ3) is 3.05. The predicted molar refractivity (Wildman–Crippen MR) is 74.7 cm³/mol. The van der Waals surface area contributed by atoms with Crippen LogP contribution in [0.1, 0.15) is 4.88 Å². The molecule has 1 N–H and O–H groups in total. The first-order chi connectivity index (χ1) is 9.31. The lowest BCUT2D eigenvalue weighted by Gasteiger charge is -2.38. The van der Waals surface area contributed by atoms with Crippen molar-refractivity contribution < 1.29 is 9.53 Å². The Morgan fingerprint density at radius 1 is 1.47 bits per heavy atom. The first-order valence-corrected chi connectivity index (χ1v) is 7.68. The van der Waals surface area contributed by atoms with Gasteiger partial charge in [-0.3, -0.25) is 0 Å². The number of hydrogen-bond donors (Lipinski definition) is 1. The Balaban J connectivity index is 1.39. The van der Waals surface area contributed by atoms with E-state index in [1.165, 1.54) is 11.3 Å². The Morgan fingerprint density at radius 3 is 3.05 bits per heavy atom. The number of urea groups is 1. The van der Waals surface area contributed by atoms with Crippen LogP contribution in [0.15, 0.2) is 29.1 Å². The number of amides is 2. The SMILES string of the molecule is O=C(NCc1cccs1)N1CC(Oc2nccs2)C1. The molecule has 0 atom stereocenters. The summed E-state index contributed by atoms with van der Waals surface area (Å²) >= 11 is 3.11. The molecule has 2 amide bonds. The highest BCUT2D eigenvalue weighted by molar-refractivity contribution is 7.11. The summed E-state index contributed by atoms with van der Waals surface area (Å²) in [5.74, 6) is 0. The molecule has 1 aliphatic heterocycles. The van der Waals surface area contributed by atoms with Crippen LogP contribution in [0, 0.1) is 0 Å². The molecule has 2 aromatic heterocycles. The first-order valence-electron chi connectivity index (χ1n) is 5.92. The van der Waals surface area contributed by atoms with Crippen molar-refractivity contribution in [2.24, 2.45) is 0 Å². The summed E-state index contributed by atoms with van der Waals surface area (Å²) in [5.41, 5.74) is 0. The van der Waals surface area contributed by atoms with Crippen LogP contribution in [0.3, 0.4) is 0 Å². The van der Waals surface area contributed by atoms with E-state index in [9.17, 15) is 4.79 Å². The highest BCUT2D eigenvalue weighted by Gasteiger charge is 2.32. The van der Waals surface area contributed by atoms with Gasteiger partial charge in [0.1, 0.15) is 6.10 Å². The van der Waals surface area contributed by atoms with E-state index >= 15 is 0 Å². The monoisotopic (exact) mass is 295 g/mol. The molecule has 2 aromatic rings. The van der Waals surface area contributed by atoms with E-state index in [4.69, 9.17) is 4.74 Å². The molecule has 7 heteroatoms. The van der Waals surface area contributed by atoms with Gasteiger partial charge in [-0.15, -0.1) is 11.3 Å². The van der Waals surface area contributed by atoms with Crippen molar-refractivity contribution in [2.75, 3.05) is 13.1 Å². The van der Waals surface area contributed by atoms with E-state index in [1.807, 2.05) is 22.9 Å². The Bertz CT molecular complexity index is 521. The molecular formula is C12H13N3O2S2. The number of nitrogens with zero attached hydrogens (tertiary/aromatic N) is 2. The fourth-order valence-electron chi connectivity index (χ4n) is 1.78. The minimum atomic E-state index is -0.0348. The van der Waals surface area contributed by atoms with Gasteiger partial charge in [0.2, 0.25) is 0 Å². The quantitative estimate of drug-likeness (QED) is 0.940.